The van der Waals surface area contributed by atoms with Gasteiger partial charge in [-0.1, -0.05) is 6.92 Å². The maximum Gasteiger partial charge on any atom is 0.0454 e. The number of rotatable bonds is 7. The molecule has 11 heavy (non-hydrogen) atoms. The molecule has 0 saturated heterocycles. The van der Waals surface area contributed by atoms with E-state index >= 15 is 0 Å². The van der Waals surface area contributed by atoms with E-state index in [2.05, 4.69) is 36.6 Å². The molecule has 0 bridgehead atoms. The van der Waals surface area contributed by atoms with Crippen LogP contribution in [0.15, 0.2) is 0 Å². The van der Waals surface area contributed by atoms with Crippen LogP contribution >= 0.6 is 0 Å². The number of nitrogens with one attached hydrogen (secondary N) is 2. The van der Waals surface area contributed by atoms with Gasteiger partial charge in [0.05, 0.1) is 0 Å². The van der Waals surface area contributed by atoms with E-state index in [-0.39, 0.29) is 0 Å². The molecule has 0 saturated carbocycles. The van der Waals surface area contributed by atoms with Crippen molar-refractivity contribution in [1.29, 1.82) is 0 Å². The van der Waals surface area contributed by atoms with Crippen LogP contribution in [0.2, 0.25) is 0 Å². The molecular weight excluding hydrogens is 138 g/mol. The Morgan fingerprint density at radius 3 is 2.45 bits per heavy atom. The summed E-state index contributed by atoms with van der Waals surface area (Å²) in [6, 6.07) is 0. The lowest BCUT2D eigenvalue weighted by Gasteiger charge is -2.09. The summed E-state index contributed by atoms with van der Waals surface area (Å²) in [5, 5.41) is 6.52. The lowest BCUT2D eigenvalue weighted by molar-refractivity contribution is 0.393. The van der Waals surface area contributed by atoms with Crippen LogP contribution in [0.5, 0.6) is 0 Å². The molecule has 0 rings (SSSR count). The van der Waals surface area contributed by atoms with Crippen LogP contribution in [-0.4, -0.2) is 45.3 Å². The van der Waals surface area contributed by atoms with E-state index in [1.807, 2.05) is 0 Å². The SMILES string of the molecule is CCNCNCCCN(C)C. The van der Waals surface area contributed by atoms with Crippen molar-refractivity contribution in [3.8, 4) is 0 Å². The highest BCUT2D eigenvalue weighted by atomic mass is 15.1. The van der Waals surface area contributed by atoms with Gasteiger partial charge in [-0.15, -0.1) is 0 Å². The van der Waals surface area contributed by atoms with E-state index in [1.165, 1.54) is 13.0 Å². The Kier molecular flexibility index (Phi) is 7.89. The lowest BCUT2D eigenvalue weighted by Crippen LogP contribution is -2.30. The van der Waals surface area contributed by atoms with Crippen molar-refractivity contribution >= 4 is 0 Å². The van der Waals surface area contributed by atoms with Crippen LogP contribution in [0.25, 0.3) is 0 Å². The van der Waals surface area contributed by atoms with E-state index in [0.29, 0.717) is 0 Å². The molecule has 0 unspecified atom stereocenters. The molecule has 0 aliphatic carbocycles. The zero-order valence-corrected chi connectivity index (χ0v) is 7.98. The number of hydrogen-bond acceptors (Lipinski definition) is 3. The van der Waals surface area contributed by atoms with Gasteiger partial charge < -0.3 is 15.5 Å². The second-order valence-corrected chi connectivity index (χ2v) is 2.94. The fraction of sp³-hybridized carbons (Fsp3) is 1.00. The fourth-order valence-corrected chi connectivity index (χ4v) is 0.822. The normalized spacial score (nSPS) is 10.9. The summed E-state index contributed by atoms with van der Waals surface area (Å²) in [4.78, 5) is 2.20. The molecule has 68 valence electrons. The van der Waals surface area contributed by atoms with Gasteiger partial charge in [0.15, 0.2) is 0 Å². The minimum atomic E-state index is 0.934. The monoisotopic (exact) mass is 159 g/mol. The summed E-state index contributed by atoms with van der Waals surface area (Å²) < 4.78 is 0. The molecule has 0 radical (unpaired) electrons. The maximum absolute atomic E-state index is 3.30. The van der Waals surface area contributed by atoms with Crippen molar-refractivity contribution in [3.63, 3.8) is 0 Å². The van der Waals surface area contributed by atoms with Gasteiger partial charge in [0, 0.05) is 6.67 Å². The predicted molar refractivity (Wildman–Crippen MR) is 49.7 cm³/mol. The molecule has 0 aromatic heterocycles. The molecule has 0 aliphatic rings. The third-order valence-electron chi connectivity index (χ3n) is 1.46. The Balaban J connectivity index is 2.80. The summed E-state index contributed by atoms with van der Waals surface area (Å²) in [7, 11) is 4.20. The van der Waals surface area contributed by atoms with E-state index < -0.39 is 0 Å². The van der Waals surface area contributed by atoms with Crippen molar-refractivity contribution in [3.05, 3.63) is 0 Å². The van der Waals surface area contributed by atoms with Crippen molar-refractivity contribution in [2.75, 3.05) is 40.4 Å². The van der Waals surface area contributed by atoms with E-state index in [9.17, 15) is 0 Å². The highest BCUT2D eigenvalue weighted by Gasteiger charge is 1.88. The van der Waals surface area contributed by atoms with Gasteiger partial charge in [0.2, 0.25) is 0 Å². The van der Waals surface area contributed by atoms with Crippen molar-refractivity contribution < 1.29 is 0 Å². The lowest BCUT2D eigenvalue weighted by atomic mass is 10.4. The van der Waals surface area contributed by atoms with E-state index in [0.717, 1.165) is 19.8 Å². The van der Waals surface area contributed by atoms with Crippen molar-refractivity contribution in [2.24, 2.45) is 0 Å². The molecule has 0 aliphatic heterocycles. The highest BCUT2D eigenvalue weighted by molar-refractivity contribution is 4.48. The van der Waals surface area contributed by atoms with Gasteiger partial charge in [0.25, 0.3) is 0 Å². The Labute approximate surface area is 70.2 Å². The Morgan fingerprint density at radius 1 is 1.18 bits per heavy atom. The summed E-state index contributed by atoms with van der Waals surface area (Å²) in [5.74, 6) is 0. The van der Waals surface area contributed by atoms with Gasteiger partial charge in [-0.05, 0) is 40.2 Å². The fourth-order valence-electron chi connectivity index (χ4n) is 0.822. The van der Waals surface area contributed by atoms with Gasteiger partial charge in [0.1, 0.15) is 0 Å². The van der Waals surface area contributed by atoms with Crippen LogP contribution in [-0.2, 0) is 0 Å². The van der Waals surface area contributed by atoms with Gasteiger partial charge in [-0.25, -0.2) is 0 Å². The summed E-state index contributed by atoms with van der Waals surface area (Å²) >= 11 is 0. The molecule has 0 amide bonds. The Morgan fingerprint density at radius 2 is 1.91 bits per heavy atom. The first-order chi connectivity index (χ1) is 5.27. The second-order valence-electron chi connectivity index (χ2n) is 2.94. The third kappa shape index (κ3) is 9.88. The van der Waals surface area contributed by atoms with Gasteiger partial charge >= 0.3 is 0 Å². The molecule has 0 atom stereocenters. The average Bonchev–Trinajstić information content (AvgIpc) is 1.96. The highest BCUT2D eigenvalue weighted by Crippen LogP contribution is 1.79. The molecule has 0 fully saturated rings. The quantitative estimate of drug-likeness (QED) is 0.407. The largest absolute Gasteiger partial charge is 0.309 e. The van der Waals surface area contributed by atoms with Crippen LogP contribution in [0.1, 0.15) is 13.3 Å². The number of nitrogens with zero attached hydrogens (tertiary/aromatic N) is 1. The first kappa shape index (κ1) is 10.9. The Hall–Kier alpha value is -0.120. The first-order valence-corrected chi connectivity index (χ1v) is 4.33. The van der Waals surface area contributed by atoms with Crippen LogP contribution in [0.3, 0.4) is 0 Å². The molecule has 3 heteroatoms. The third-order valence-corrected chi connectivity index (χ3v) is 1.46. The predicted octanol–water partition coefficient (Wildman–Crippen LogP) is 0.0947. The first-order valence-electron chi connectivity index (χ1n) is 4.33. The maximum atomic E-state index is 3.30. The summed E-state index contributed by atoms with van der Waals surface area (Å²) in [6.45, 7) is 6.36. The molecule has 0 aromatic rings. The van der Waals surface area contributed by atoms with Gasteiger partial charge in [-0.3, -0.25) is 0 Å². The second kappa shape index (κ2) is 7.98. The van der Waals surface area contributed by atoms with Crippen LogP contribution in [0.4, 0.5) is 0 Å². The number of hydrogen-bond donors (Lipinski definition) is 2. The molecule has 0 spiro atoms. The molecule has 0 heterocycles. The standard InChI is InChI=1S/C8H21N3/c1-4-9-8-10-6-5-7-11(2)3/h9-10H,4-8H2,1-3H3. The minimum Gasteiger partial charge on any atom is -0.309 e. The van der Waals surface area contributed by atoms with Crippen molar-refractivity contribution in [2.45, 2.75) is 13.3 Å². The Bertz CT molecular complexity index is 73.7. The van der Waals surface area contributed by atoms with Crippen LogP contribution in [0, 0.1) is 0 Å². The van der Waals surface area contributed by atoms with Gasteiger partial charge in [-0.2, -0.15) is 0 Å². The molecule has 0 aromatic carbocycles. The zero-order valence-electron chi connectivity index (χ0n) is 7.98. The average molecular weight is 159 g/mol. The van der Waals surface area contributed by atoms with Crippen molar-refractivity contribution in [1.82, 2.24) is 15.5 Å². The van der Waals surface area contributed by atoms with E-state index in [1.54, 1.807) is 0 Å². The molecule has 3 nitrogen and oxygen atoms in total. The molecular formula is C8H21N3. The summed E-state index contributed by atoms with van der Waals surface area (Å²) in [5.41, 5.74) is 0. The zero-order chi connectivity index (χ0) is 8.53. The smallest absolute Gasteiger partial charge is 0.0454 e. The van der Waals surface area contributed by atoms with Crippen LogP contribution < -0.4 is 10.6 Å². The minimum absolute atomic E-state index is 0.934. The molecule has 2 N–H and O–H groups in total. The summed E-state index contributed by atoms with van der Waals surface area (Å²) in [6.07, 6.45) is 1.22. The van der Waals surface area contributed by atoms with E-state index in [4.69, 9.17) is 0 Å². The topological polar surface area (TPSA) is 27.3 Å².